The van der Waals surface area contributed by atoms with Gasteiger partial charge >= 0.3 is 0 Å². The Morgan fingerprint density at radius 1 is 1.37 bits per heavy atom. The lowest BCUT2D eigenvalue weighted by molar-refractivity contribution is 0.174. The first kappa shape index (κ1) is 14.6. The highest BCUT2D eigenvalue weighted by molar-refractivity contribution is 5.20. The average Bonchev–Trinajstić information content (AvgIpc) is 2.92. The summed E-state index contributed by atoms with van der Waals surface area (Å²) in [5.41, 5.74) is 1.27. The Kier molecular flexibility index (Phi) is 5.06. The molecule has 2 rings (SSSR count). The van der Waals surface area contributed by atoms with Crippen LogP contribution in [0, 0.1) is 6.92 Å². The minimum Gasteiger partial charge on any atom is -0.463 e. The van der Waals surface area contributed by atoms with E-state index in [1.165, 1.54) is 24.8 Å². The standard InChI is InChI=1S/C16H28N2O/c1-5-14-8-7-13(4)18(14)11-15-9-12(3)16(19-15)10-17-6-2/h9,13-14,17H,5-8,10-11H2,1-4H3. The van der Waals surface area contributed by atoms with E-state index in [0.29, 0.717) is 6.04 Å². The highest BCUT2D eigenvalue weighted by Crippen LogP contribution is 2.28. The lowest BCUT2D eigenvalue weighted by atomic mass is 10.1. The Bertz CT molecular complexity index is 399. The first-order valence-electron chi connectivity index (χ1n) is 7.70. The van der Waals surface area contributed by atoms with Gasteiger partial charge in [-0.1, -0.05) is 13.8 Å². The zero-order valence-corrected chi connectivity index (χ0v) is 12.8. The average molecular weight is 264 g/mol. The van der Waals surface area contributed by atoms with E-state index in [2.05, 4.69) is 44.0 Å². The fourth-order valence-corrected chi connectivity index (χ4v) is 3.11. The largest absolute Gasteiger partial charge is 0.463 e. The molecule has 0 aliphatic carbocycles. The molecular formula is C16H28N2O. The molecule has 0 bridgehead atoms. The Morgan fingerprint density at radius 2 is 2.16 bits per heavy atom. The van der Waals surface area contributed by atoms with Gasteiger partial charge in [-0.05, 0) is 51.3 Å². The number of aryl methyl sites for hydroxylation is 1. The minimum atomic E-state index is 0.688. The molecule has 0 radical (unpaired) electrons. The minimum absolute atomic E-state index is 0.688. The number of rotatable bonds is 6. The molecule has 108 valence electrons. The maximum absolute atomic E-state index is 6.02. The SMILES string of the molecule is CCNCc1oc(CN2C(C)CCC2CC)cc1C. The highest BCUT2D eigenvalue weighted by atomic mass is 16.3. The van der Waals surface area contributed by atoms with Crippen LogP contribution in [0.25, 0.3) is 0 Å². The van der Waals surface area contributed by atoms with Gasteiger partial charge in [-0.3, -0.25) is 4.90 Å². The van der Waals surface area contributed by atoms with Crippen molar-refractivity contribution in [3.05, 3.63) is 23.2 Å². The van der Waals surface area contributed by atoms with E-state index in [-0.39, 0.29) is 0 Å². The second-order valence-corrected chi connectivity index (χ2v) is 5.76. The third-order valence-electron chi connectivity index (χ3n) is 4.37. The first-order valence-corrected chi connectivity index (χ1v) is 7.70. The third-order valence-corrected chi connectivity index (χ3v) is 4.37. The maximum atomic E-state index is 6.02. The summed E-state index contributed by atoms with van der Waals surface area (Å²) in [6.07, 6.45) is 3.90. The van der Waals surface area contributed by atoms with Crippen molar-refractivity contribution in [3.8, 4) is 0 Å². The van der Waals surface area contributed by atoms with Crippen LogP contribution in [0.4, 0.5) is 0 Å². The Labute approximate surface area is 117 Å². The molecular weight excluding hydrogens is 236 g/mol. The molecule has 0 amide bonds. The van der Waals surface area contributed by atoms with Crippen LogP contribution in [-0.2, 0) is 13.1 Å². The van der Waals surface area contributed by atoms with Crippen molar-refractivity contribution in [2.45, 2.75) is 72.1 Å². The van der Waals surface area contributed by atoms with Gasteiger partial charge in [0.05, 0.1) is 13.1 Å². The fourth-order valence-electron chi connectivity index (χ4n) is 3.11. The van der Waals surface area contributed by atoms with Crippen LogP contribution >= 0.6 is 0 Å². The summed E-state index contributed by atoms with van der Waals surface area (Å²) in [5.74, 6) is 2.22. The molecule has 1 aliphatic heterocycles. The number of likely N-dealkylation sites (tertiary alicyclic amines) is 1. The molecule has 1 aromatic heterocycles. The summed E-state index contributed by atoms with van der Waals surface area (Å²) in [4.78, 5) is 2.61. The monoisotopic (exact) mass is 264 g/mol. The molecule has 19 heavy (non-hydrogen) atoms. The third kappa shape index (κ3) is 3.40. The van der Waals surface area contributed by atoms with Gasteiger partial charge in [0, 0.05) is 12.1 Å². The second kappa shape index (κ2) is 6.58. The van der Waals surface area contributed by atoms with Crippen LogP contribution in [0.3, 0.4) is 0 Å². The summed E-state index contributed by atoms with van der Waals surface area (Å²) in [5, 5.41) is 3.33. The molecule has 3 nitrogen and oxygen atoms in total. The van der Waals surface area contributed by atoms with Gasteiger partial charge in [0.1, 0.15) is 11.5 Å². The van der Waals surface area contributed by atoms with Crippen molar-refractivity contribution < 1.29 is 4.42 Å². The fraction of sp³-hybridized carbons (Fsp3) is 0.750. The highest BCUT2D eigenvalue weighted by Gasteiger charge is 2.29. The van der Waals surface area contributed by atoms with E-state index in [1.807, 2.05) is 0 Å². The zero-order valence-electron chi connectivity index (χ0n) is 12.8. The molecule has 1 aliphatic rings. The van der Waals surface area contributed by atoms with Crippen LogP contribution in [0.15, 0.2) is 10.5 Å². The number of hydrogen-bond donors (Lipinski definition) is 1. The lowest BCUT2D eigenvalue weighted by Crippen LogP contribution is -2.33. The van der Waals surface area contributed by atoms with Gasteiger partial charge in [-0.15, -0.1) is 0 Å². The topological polar surface area (TPSA) is 28.4 Å². The number of nitrogens with one attached hydrogen (secondary N) is 1. The number of nitrogens with zero attached hydrogens (tertiary/aromatic N) is 1. The molecule has 1 aromatic rings. The van der Waals surface area contributed by atoms with Crippen LogP contribution in [0.2, 0.25) is 0 Å². The Morgan fingerprint density at radius 3 is 2.84 bits per heavy atom. The smallest absolute Gasteiger partial charge is 0.120 e. The summed E-state index contributed by atoms with van der Waals surface area (Å²) < 4.78 is 6.02. The van der Waals surface area contributed by atoms with Crippen molar-refractivity contribution in [1.82, 2.24) is 10.2 Å². The van der Waals surface area contributed by atoms with Crippen LogP contribution in [0.5, 0.6) is 0 Å². The van der Waals surface area contributed by atoms with Gasteiger partial charge in [0.2, 0.25) is 0 Å². The van der Waals surface area contributed by atoms with Crippen molar-refractivity contribution in [2.75, 3.05) is 6.54 Å². The number of hydrogen-bond acceptors (Lipinski definition) is 3. The van der Waals surface area contributed by atoms with Crippen molar-refractivity contribution in [2.24, 2.45) is 0 Å². The predicted octanol–water partition coefficient (Wildman–Crippen LogP) is 3.46. The zero-order chi connectivity index (χ0) is 13.8. The van der Waals surface area contributed by atoms with Gasteiger partial charge in [0.25, 0.3) is 0 Å². The van der Waals surface area contributed by atoms with Gasteiger partial charge < -0.3 is 9.73 Å². The molecule has 1 saturated heterocycles. The molecule has 2 atom stereocenters. The normalized spacial score (nSPS) is 24.2. The van der Waals surface area contributed by atoms with Gasteiger partial charge in [0.15, 0.2) is 0 Å². The van der Waals surface area contributed by atoms with Crippen LogP contribution in [0.1, 0.15) is 57.1 Å². The van der Waals surface area contributed by atoms with Gasteiger partial charge in [-0.25, -0.2) is 0 Å². The van der Waals surface area contributed by atoms with Crippen LogP contribution < -0.4 is 5.32 Å². The molecule has 2 heterocycles. The predicted molar refractivity (Wildman–Crippen MR) is 79.1 cm³/mol. The van der Waals surface area contributed by atoms with E-state index in [9.17, 15) is 0 Å². The number of furan rings is 1. The molecule has 1 fully saturated rings. The van der Waals surface area contributed by atoms with Crippen LogP contribution in [-0.4, -0.2) is 23.5 Å². The van der Waals surface area contributed by atoms with E-state index in [0.717, 1.165) is 37.2 Å². The Balaban J connectivity index is 2.02. The van der Waals surface area contributed by atoms with Crippen molar-refractivity contribution in [1.29, 1.82) is 0 Å². The van der Waals surface area contributed by atoms with E-state index < -0.39 is 0 Å². The maximum Gasteiger partial charge on any atom is 0.120 e. The summed E-state index contributed by atoms with van der Waals surface area (Å²) >= 11 is 0. The van der Waals surface area contributed by atoms with E-state index in [4.69, 9.17) is 4.42 Å². The first-order chi connectivity index (χ1) is 9.15. The van der Waals surface area contributed by atoms with Gasteiger partial charge in [-0.2, -0.15) is 0 Å². The molecule has 0 saturated carbocycles. The summed E-state index contributed by atoms with van der Waals surface area (Å²) in [6.45, 7) is 11.7. The molecule has 2 unspecified atom stereocenters. The lowest BCUT2D eigenvalue weighted by Gasteiger charge is -2.26. The van der Waals surface area contributed by atoms with Crippen molar-refractivity contribution >= 4 is 0 Å². The van der Waals surface area contributed by atoms with E-state index in [1.54, 1.807) is 0 Å². The van der Waals surface area contributed by atoms with E-state index >= 15 is 0 Å². The molecule has 1 N–H and O–H groups in total. The quantitative estimate of drug-likeness (QED) is 0.853. The second-order valence-electron chi connectivity index (χ2n) is 5.76. The molecule has 3 heteroatoms. The Hall–Kier alpha value is -0.800. The van der Waals surface area contributed by atoms with Crippen molar-refractivity contribution in [3.63, 3.8) is 0 Å². The molecule has 0 spiro atoms. The molecule has 0 aromatic carbocycles. The summed E-state index contributed by atoms with van der Waals surface area (Å²) in [6, 6.07) is 3.63. The summed E-state index contributed by atoms with van der Waals surface area (Å²) in [7, 11) is 0.